The van der Waals surface area contributed by atoms with Crippen LogP contribution in [-0.4, -0.2) is 23.4 Å². The van der Waals surface area contributed by atoms with Gasteiger partial charge in [-0.2, -0.15) is 0 Å². The van der Waals surface area contributed by atoms with Crippen molar-refractivity contribution >= 4 is 0 Å². The maximum absolute atomic E-state index is 9.55. The van der Waals surface area contributed by atoms with Gasteiger partial charge in [-0.05, 0) is 25.8 Å². The Labute approximate surface area is 97.3 Å². The highest BCUT2D eigenvalue weighted by Crippen LogP contribution is 2.33. The lowest BCUT2D eigenvalue weighted by Gasteiger charge is -2.40. The van der Waals surface area contributed by atoms with E-state index in [0.29, 0.717) is 0 Å². The van der Waals surface area contributed by atoms with E-state index in [1.807, 2.05) is 6.92 Å². The molecular formula is C14H20O2. The molecule has 16 heavy (non-hydrogen) atoms. The number of aliphatic hydroxyl groups is 1. The SMILES string of the molecule is Cc1ccc(CCO[C@H]2C[C@@](C)(O)C2)cc1. The molecule has 0 spiro atoms. The van der Waals surface area contributed by atoms with Crippen LogP contribution in [0.25, 0.3) is 0 Å². The van der Waals surface area contributed by atoms with Crippen molar-refractivity contribution in [1.29, 1.82) is 0 Å². The van der Waals surface area contributed by atoms with E-state index in [2.05, 4.69) is 31.2 Å². The first-order chi connectivity index (χ1) is 7.55. The van der Waals surface area contributed by atoms with Gasteiger partial charge in [0.1, 0.15) is 0 Å². The van der Waals surface area contributed by atoms with Gasteiger partial charge in [0.15, 0.2) is 0 Å². The third-order valence-corrected chi connectivity index (χ3v) is 3.20. The predicted molar refractivity (Wildman–Crippen MR) is 64.5 cm³/mol. The lowest BCUT2D eigenvalue weighted by molar-refractivity contribution is -0.128. The second-order valence-electron chi connectivity index (χ2n) is 5.13. The molecule has 1 aliphatic carbocycles. The number of hydrogen-bond donors (Lipinski definition) is 1. The molecule has 2 heteroatoms. The van der Waals surface area contributed by atoms with Gasteiger partial charge in [-0.15, -0.1) is 0 Å². The summed E-state index contributed by atoms with van der Waals surface area (Å²) in [5, 5.41) is 9.55. The minimum Gasteiger partial charge on any atom is -0.390 e. The quantitative estimate of drug-likeness (QED) is 0.844. The molecule has 0 aromatic heterocycles. The van der Waals surface area contributed by atoms with Crippen LogP contribution in [0.3, 0.4) is 0 Å². The second-order valence-corrected chi connectivity index (χ2v) is 5.13. The minimum absolute atomic E-state index is 0.264. The molecule has 88 valence electrons. The molecule has 1 aromatic rings. The zero-order valence-corrected chi connectivity index (χ0v) is 10.1. The summed E-state index contributed by atoms with van der Waals surface area (Å²) in [4.78, 5) is 0. The molecule has 1 aromatic carbocycles. The Hall–Kier alpha value is -0.860. The third kappa shape index (κ3) is 3.06. The predicted octanol–water partition coefficient (Wildman–Crippen LogP) is 2.47. The fourth-order valence-electron chi connectivity index (χ4n) is 2.14. The Morgan fingerprint density at radius 3 is 2.50 bits per heavy atom. The van der Waals surface area contributed by atoms with Crippen LogP contribution in [0.15, 0.2) is 24.3 Å². The smallest absolute Gasteiger partial charge is 0.0669 e. The largest absolute Gasteiger partial charge is 0.390 e. The molecule has 0 aliphatic heterocycles. The fourth-order valence-corrected chi connectivity index (χ4v) is 2.14. The summed E-state index contributed by atoms with van der Waals surface area (Å²) in [7, 11) is 0. The van der Waals surface area contributed by atoms with Gasteiger partial charge in [0.25, 0.3) is 0 Å². The van der Waals surface area contributed by atoms with E-state index in [0.717, 1.165) is 25.9 Å². The molecule has 0 heterocycles. The maximum Gasteiger partial charge on any atom is 0.0669 e. The molecule has 0 amide bonds. The minimum atomic E-state index is -0.478. The van der Waals surface area contributed by atoms with Crippen LogP contribution in [0.4, 0.5) is 0 Å². The third-order valence-electron chi connectivity index (χ3n) is 3.20. The number of ether oxygens (including phenoxy) is 1. The van der Waals surface area contributed by atoms with Crippen LogP contribution in [0.1, 0.15) is 30.9 Å². The van der Waals surface area contributed by atoms with Crippen molar-refractivity contribution in [3.8, 4) is 0 Å². The van der Waals surface area contributed by atoms with E-state index >= 15 is 0 Å². The summed E-state index contributed by atoms with van der Waals surface area (Å²) >= 11 is 0. The molecular weight excluding hydrogens is 200 g/mol. The molecule has 2 rings (SSSR count). The first-order valence-corrected chi connectivity index (χ1v) is 5.95. The maximum atomic E-state index is 9.55. The summed E-state index contributed by atoms with van der Waals surface area (Å²) in [5.74, 6) is 0. The highest BCUT2D eigenvalue weighted by molar-refractivity contribution is 5.21. The standard InChI is InChI=1S/C14H20O2/c1-11-3-5-12(6-4-11)7-8-16-13-9-14(2,15)10-13/h3-6,13,15H,7-10H2,1-2H3/t13-,14+. The zero-order valence-electron chi connectivity index (χ0n) is 10.1. The summed E-state index contributed by atoms with van der Waals surface area (Å²) < 4.78 is 5.69. The van der Waals surface area contributed by atoms with E-state index in [1.54, 1.807) is 0 Å². The average molecular weight is 220 g/mol. The topological polar surface area (TPSA) is 29.5 Å². The number of hydrogen-bond acceptors (Lipinski definition) is 2. The van der Waals surface area contributed by atoms with Gasteiger partial charge in [-0.3, -0.25) is 0 Å². The van der Waals surface area contributed by atoms with E-state index in [-0.39, 0.29) is 6.10 Å². The van der Waals surface area contributed by atoms with E-state index in [9.17, 15) is 5.11 Å². The molecule has 0 saturated heterocycles. The Bertz CT molecular complexity index is 332. The normalized spacial score (nSPS) is 28.8. The number of benzene rings is 1. The van der Waals surface area contributed by atoms with E-state index in [1.165, 1.54) is 11.1 Å². The first kappa shape index (κ1) is 11.6. The van der Waals surface area contributed by atoms with Crippen molar-refractivity contribution in [1.82, 2.24) is 0 Å². The molecule has 0 bridgehead atoms. The van der Waals surface area contributed by atoms with Crippen LogP contribution < -0.4 is 0 Å². The van der Waals surface area contributed by atoms with E-state index in [4.69, 9.17) is 4.74 Å². The summed E-state index contributed by atoms with van der Waals surface area (Å²) in [5.41, 5.74) is 2.13. The van der Waals surface area contributed by atoms with Gasteiger partial charge >= 0.3 is 0 Å². The Morgan fingerprint density at radius 2 is 1.94 bits per heavy atom. The van der Waals surface area contributed by atoms with Crippen LogP contribution in [0, 0.1) is 6.92 Å². The summed E-state index contributed by atoms with van der Waals surface area (Å²) in [6.45, 7) is 4.72. The summed E-state index contributed by atoms with van der Waals surface area (Å²) in [6, 6.07) is 8.55. The molecule has 0 unspecified atom stereocenters. The van der Waals surface area contributed by atoms with Crippen molar-refractivity contribution in [2.75, 3.05) is 6.61 Å². The lowest BCUT2D eigenvalue weighted by atomic mass is 9.79. The lowest BCUT2D eigenvalue weighted by Crippen LogP contribution is -2.45. The molecule has 1 aliphatic rings. The van der Waals surface area contributed by atoms with E-state index < -0.39 is 5.60 Å². The molecule has 1 saturated carbocycles. The van der Waals surface area contributed by atoms with Crippen LogP contribution in [0.2, 0.25) is 0 Å². The van der Waals surface area contributed by atoms with Crippen molar-refractivity contribution in [2.45, 2.75) is 44.8 Å². The van der Waals surface area contributed by atoms with Gasteiger partial charge in [0.2, 0.25) is 0 Å². The molecule has 0 atom stereocenters. The highest BCUT2D eigenvalue weighted by Gasteiger charge is 2.38. The fraction of sp³-hybridized carbons (Fsp3) is 0.571. The van der Waals surface area contributed by atoms with Crippen molar-refractivity contribution in [3.05, 3.63) is 35.4 Å². The van der Waals surface area contributed by atoms with Crippen LogP contribution >= 0.6 is 0 Å². The van der Waals surface area contributed by atoms with Crippen molar-refractivity contribution in [2.24, 2.45) is 0 Å². The number of rotatable bonds is 4. The first-order valence-electron chi connectivity index (χ1n) is 5.95. The molecule has 1 N–H and O–H groups in total. The van der Waals surface area contributed by atoms with Gasteiger partial charge in [0.05, 0.1) is 18.3 Å². The van der Waals surface area contributed by atoms with Crippen molar-refractivity contribution < 1.29 is 9.84 Å². The molecule has 1 fully saturated rings. The van der Waals surface area contributed by atoms with Gasteiger partial charge in [-0.25, -0.2) is 0 Å². The average Bonchev–Trinajstić information content (AvgIpc) is 2.18. The highest BCUT2D eigenvalue weighted by atomic mass is 16.5. The van der Waals surface area contributed by atoms with Crippen LogP contribution in [-0.2, 0) is 11.2 Å². The monoisotopic (exact) mass is 220 g/mol. The Balaban J connectivity index is 1.67. The summed E-state index contributed by atoms with van der Waals surface area (Å²) in [6.07, 6.45) is 2.78. The Kier molecular flexibility index (Phi) is 3.31. The molecule has 2 nitrogen and oxygen atoms in total. The van der Waals surface area contributed by atoms with Gasteiger partial charge < -0.3 is 9.84 Å². The van der Waals surface area contributed by atoms with Crippen molar-refractivity contribution in [3.63, 3.8) is 0 Å². The Morgan fingerprint density at radius 1 is 1.31 bits per heavy atom. The number of aryl methyl sites for hydroxylation is 1. The van der Waals surface area contributed by atoms with Gasteiger partial charge in [-0.1, -0.05) is 29.8 Å². The molecule has 0 radical (unpaired) electrons. The van der Waals surface area contributed by atoms with Gasteiger partial charge in [0, 0.05) is 12.8 Å². The second kappa shape index (κ2) is 4.56. The van der Waals surface area contributed by atoms with Crippen LogP contribution in [0.5, 0.6) is 0 Å². The zero-order chi connectivity index (χ0) is 11.6.